The SMILES string of the molecule is Cc1cc(Oc2ccc(CCC(=O)O)c(C)c2)cc(OC2C=CC(C(F)(F)F)=CC=C2Oc2ccccc2)c1. The molecule has 0 fully saturated rings. The van der Waals surface area contributed by atoms with Crippen LogP contribution in [0.3, 0.4) is 0 Å². The summed E-state index contributed by atoms with van der Waals surface area (Å²) in [6.07, 6.45) is -0.483. The zero-order valence-corrected chi connectivity index (χ0v) is 21.4. The minimum Gasteiger partial charge on any atom is -0.481 e. The highest BCUT2D eigenvalue weighted by molar-refractivity contribution is 5.67. The number of hydrogen-bond donors (Lipinski definition) is 1. The first-order chi connectivity index (χ1) is 18.6. The molecule has 0 saturated carbocycles. The number of rotatable bonds is 9. The van der Waals surface area contributed by atoms with E-state index in [2.05, 4.69) is 0 Å². The fourth-order valence-electron chi connectivity index (χ4n) is 3.99. The molecule has 1 atom stereocenters. The molecule has 0 saturated heterocycles. The van der Waals surface area contributed by atoms with Crippen LogP contribution in [0.4, 0.5) is 13.2 Å². The van der Waals surface area contributed by atoms with E-state index in [9.17, 15) is 18.0 Å². The molecule has 0 aromatic heterocycles. The standard InChI is InChI=1S/C31H27F3O5/c1-20-16-26(37-25-12-8-22(21(2)18-25)9-15-30(35)36)19-27(17-20)39-29-14-11-23(31(32,33)34)10-13-28(29)38-24-6-4-3-5-7-24/h3-8,10-14,16-19,29H,9,15H2,1-2H3,(H,35,36). The molecule has 1 aliphatic rings. The number of carboxylic acid groups (broad SMARTS) is 1. The molecule has 0 amide bonds. The molecular weight excluding hydrogens is 509 g/mol. The summed E-state index contributed by atoms with van der Waals surface area (Å²) < 4.78 is 58.3. The number of halogens is 3. The van der Waals surface area contributed by atoms with Crippen LogP contribution >= 0.6 is 0 Å². The normalized spacial score (nSPS) is 15.2. The fraction of sp³-hybridized carbons (Fsp3) is 0.194. The van der Waals surface area contributed by atoms with Gasteiger partial charge in [0.05, 0.1) is 5.57 Å². The summed E-state index contributed by atoms with van der Waals surface area (Å²) in [7, 11) is 0. The van der Waals surface area contributed by atoms with Gasteiger partial charge < -0.3 is 19.3 Å². The van der Waals surface area contributed by atoms with E-state index in [1.54, 1.807) is 42.5 Å². The predicted octanol–water partition coefficient (Wildman–Crippen LogP) is 7.88. The smallest absolute Gasteiger partial charge is 0.416 e. The van der Waals surface area contributed by atoms with Crippen LogP contribution in [0.1, 0.15) is 23.1 Å². The Labute approximate surface area is 224 Å². The topological polar surface area (TPSA) is 65.0 Å². The summed E-state index contributed by atoms with van der Waals surface area (Å²) in [5, 5.41) is 8.93. The predicted molar refractivity (Wildman–Crippen MR) is 141 cm³/mol. The summed E-state index contributed by atoms with van der Waals surface area (Å²) in [6.45, 7) is 3.74. The van der Waals surface area contributed by atoms with Crippen molar-refractivity contribution in [1.29, 1.82) is 0 Å². The third kappa shape index (κ3) is 7.77. The Morgan fingerprint density at radius 1 is 0.872 bits per heavy atom. The van der Waals surface area contributed by atoms with Crippen LogP contribution in [0, 0.1) is 13.8 Å². The first-order valence-corrected chi connectivity index (χ1v) is 12.2. The molecule has 39 heavy (non-hydrogen) atoms. The Morgan fingerprint density at radius 2 is 1.62 bits per heavy atom. The highest BCUT2D eigenvalue weighted by Crippen LogP contribution is 2.33. The van der Waals surface area contributed by atoms with Crippen molar-refractivity contribution in [2.45, 2.75) is 39.0 Å². The number of carboxylic acids is 1. The Bertz CT molecular complexity index is 1420. The summed E-state index contributed by atoms with van der Waals surface area (Å²) in [5.74, 6) is 1.21. The van der Waals surface area contributed by atoms with E-state index in [-0.39, 0.29) is 12.2 Å². The molecule has 8 heteroatoms. The molecule has 4 rings (SSSR count). The highest BCUT2D eigenvalue weighted by atomic mass is 19.4. The average Bonchev–Trinajstić information content (AvgIpc) is 3.06. The van der Waals surface area contributed by atoms with Gasteiger partial charge in [-0.25, -0.2) is 0 Å². The fourth-order valence-corrected chi connectivity index (χ4v) is 3.99. The van der Waals surface area contributed by atoms with Crippen LogP contribution in [0.5, 0.6) is 23.0 Å². The van der Waals surface area contributed by atoms with Gasteiger partial charge in [0.1, 0.15) is 28.8 Å². The van der Waals surface area contributed by atoms with Gasteiger partial charge in [-0.1, -0.05) is 24.3 Å². The number of aliphatic carboxylic acids is 1. The molecule has 1 N–H and O–H groups in total. The van der Waals surface area contributed by atoms with E-state index in [1.807, 2.05) is 38.1 Å². The van der Waals surface area contributed by atoms with Crippen molar-refractivity contribution >= 4 is 5.97 Å². The molecule has 0 aliphatic heterocycles. The third-order valence-corrected chi connectivity index (χ3v) is 5.91. The number of hydrogen-bond acceptors (Lipinski definition) is 4. The Hall–Kier alpha value is -4.46. The van der Waals surface area contributed by atoms with Gasteiger partial charge in [0.25, 0.3) is 0 Å². The van der Waals surface area contributed by atoms with Crippen LogP contribution < -0.4 is 14.2 Å². The number of ether oxygens (including phenoxy) is 3. The van der Waals surface area contributed by atoms with Crippen molar-refractivity contribution < 1.29 is 37.3 Å². The van der Waals surface area contributed by atoms with E-state index in [4.69, 9.17) is 19.3 Å². The second-order valence-electron chi connectivity index (χ2n) is 9.07. The van der Waals surface area contributed by atoms with Gasteiger partial charge in [-0.15, -0.1) is 0 Å². The second-order valence-corrected chi connectivity index (χ2v) is 9.07. The van der Waals surface area contributed by atoms with Crippen molar-refractivity contribution in [3.05, 3.63) is 119 Å². The van der Waals surface area contributed by atoms with Crippen molar-refractivity contribution in [3.8, 4) is 23.0 Å². The molecule has 3 aromatic rings. The lowest BCUT2D eigenvalue weighted by molar-refractivity contribution is -0.136. The van der Waals surface area contributed by atoms with E-state index in [1.165, 1.54) is 12.2 Å². The minimum absolute atomic E-state index is 0.0413. The number of carbonyl (C=O) groups is 1. The summed E-state index contributed by atoms with van der Waals surface area (Å²) in [4.78, 5) is 10.9. The first kappa shape index (κ1) is 27.6. The van der Waals surface area contributed by atoms with Crippen molar-refractivity contribution in [2.24, 2.45) is 0 Å². The maximum atomic E-state index is 13.4. The van der Waals surface area contributed by atoms with Crippen molar-refractivity contribution in [1.82, 2.24) is 0 Å². The van der Waals surface area contributed by atoms with Crippen LogP contribution in [0.2, 0.25) is 0 Å². The molecular formula is C31H27F3O5. The van der Waals surface area contributed by atoms with Crippen LogP contribution in [0.25, 0.3) is 0 Å². The van der Waals surface area contributed by atoms with E-state index >= 15 is 0 Å². The number of aryl methyl sites for hydroxylation is 3. The maximum absolute atomic E-state index is 13.4. The van der Waals surface area contributed by atoms with Gasteiger partial charge >= 0.3 is 12.1 Å². The number of para-hydroxylation sites is 1. The molecule has 1 unspecified atom stereocenters. The minimum atomic E-state index is -4.52. The Balaban J connectivity index is 1.56. The Kier molecular flexibility index (Phi) is 8.44. The highest BCUT2D eigenvalue weighted by Gasteiger charge is 2.33. The quantitative estimate of drug-likeness (QED) is 0.301. The van der Waals surface area contributed by atoms with Crippen LogP contribution in [-0.2, 0) is 11.2 Å². The molecule has 3 aromatic carbocycles. The maximum Gasteiger partial charge on any atom is 0.416 e. The van der Waals surface area contributed by atoms with E-state index in [0.29, 0.717) is 29.4 Å². The van der Waals surface area contributed by atoms with Gasteiger partial charge in [0.15, 0.2) is 6.10 Å². The lowest BCUT2D eigenvalue weighted by Crippen LogP contribution is -2.20. The van der Waals surface area contributed by atoms with Crippen molar-refractivity contribution in [3.63, 3.8) is 0 Å². The molecule has 202 valence electrons. The molecule has 5 nitrogen and oxygen atoms in total. The third-order valence-electron chi connectivity index (χ3n) is 5.91. The number of alkyl halides is 3. The first-order valence-electron chi connectivity index (χ1n) is 12.2. The summed E-state index contributed by atoms with van der Waals surface area (Å²) in [5.41, 5.74) is 1.82. The molecule has 1 aliphatic carbocycles. The van der Waals surface area contributed by atoms with Gasteiger partial charge in [0, 0.05) is 12.5 Å². The average molecular weight is 537 g/mol. The lowest BCUT2D eigenvalue weighted by atomic mass is 10.0. The van der Waals surface area contributed by atoms with Crippen LogP contribution in [0.15, 0.2) is 102 Å². The molecule has 0 radical (unpaired) electrons. The van der Waals surface area contributed by atoms with Crippen LogP contribution in [-0.4, -0.2) is 23.4 Å². The van der Waals surface area contributed by atoms with Crippen molar-refractivity contribution in [2.75, 3.05) is 0 Å². The molecule has 0 heterocycles. The number of allylic oxidation sites excluding steroid dienone is 4. The van der Waals surface area contributed by atoms with Gasteiger partial charge in [-0.2, -0.15) is 13.2 Å². The zero-order valence-electron chi connectivity index (χ0n) is 21.4. The zero-order chi connectivity index (χ0) is 28.0. The Morgan fingerprint density at radius 3 is 2.31 bits per heavy atom. The van der Waals surface area contributed by atoms with Gasteiger partial charge in [-0.05, 0) is 97.7 Å². The van der Waals surface area contributed by atoms with E-state index in [0.717, 1.165) is 28.8 Å². The summed E-state index contributed by atoms with van der Waals surface area (Å²) >= 11 is 0. The summed E-state index contributed by atoms with van der Waals surface area (Å²) in [6, 6.07) is 19.4. The number of benzene rings is 3. The van der Waals surface area contributed by atoms with Gasteiger partial charge in [-0.3, -0.25) is 4.79 Å². The molecule has 0 bridgehead atoms. The second kappa shape index (κ2) is 11.9. The van der Waals surface area contributed by atoms with Gasteiger partial charge in [0.2, 0.25) is 0 Å². The van der Waals surface area contributed by atoms with E-state index < -0.39 is 23.8 Å². The molecule has 0 spiro atoms. The lowest BCUT2D eigenvalue weighted by Gasteiger charge is -2.20. The largest absolute Gasteiger partial charge is 0.481 e. The monoisotopic (exact) mass is 536 g/mol.